The first kappa shape index (κ1) is 22.1. The Bertz CT molecular complexity index is 1240. The Morgan fingerprint density at radius 1 is 0.848 bits per heavy atom. The van der Waals surface area contributed by atoms with Gasteiger partial charge in [0.25, 0.3) is 11.8 Å². The van der Waals surface area contributed by atoms with Crippen LogP contribution < -0.4 is 19.9 Å². The zero-order chi connectivity index (χ0) is 23.7. The topological polar surface area (TPSA) is 61.9 Å². The summed E-state index contributed by atoms with van der Waals surface area (Å²) in [5, 5.41) is 3.26. The van der Waals surface area contributed by atoms with Crippen LogP contribution in [0, 0.1) is 13.8 Å². The number of hydrogen-bond donors (Lipinski definition) is 1. The minimum Gasteiger partial charge on any atom is -0.497 e. The molecule has 1 N–H and O–H groups in total. The fourth-order valence-electron chi connectivity index (χ4n) is 3.81. The molecule has 0 bridgehead atoms. The molecule has 0 atom stereocenters. The predicted octanol–water partition coefficient (Wildman–Crippen LogP) is 4.77. The van der Waals surface area contributed by atoms with Crippen molar-refractivity contribution in [2.45, 2.75) is 13.8 Å². The van der Waals surface area contributed by atoms with E-state index in [1.54, 1.807) is 43.5 Å². The quantitative estimate of drug-likeness (QED) is 0.558. The number of nitrogens with one attached hydrogen (secondary N) is 1. The molecule has 33 heavy (non-hydrogen) atoms. The highest BCUT2D eigenvalue weighted by Gasteiger charge is 2.40. The first-order chi connectivity index (χ1) is 15.8. The van der Waals surface area contributed by atoms with E-state index in [0.717, 1.165) is 22.5 Å². The lowest BCUT2D eigenvalue weighted by Gasteiger charge is -2.18. The molecule has 0 spiro atoms. The Kier molecular flexibility index (Phi) is 5.92. The molecule has 0 fully saturated rings. The van der Waals surface area contributed by atoms with Crippen LogP contribution in [0.5, 0.6) is 5.75 Å². The van der Waals surface area contributed by atoms with Crippen molar-refractivity contribution in [1.82, 2.24) is 0 Å². The van der Waals surface area contributed by atoms with Gasteiger partial charge in [-0.3, -0.25) is 9.59 Å². The lowest BCUT2D eigenvalue weighted by Crippen LogP contribution is -2.32. The molecule has 3 aromatic carbocycles. The van der Waals surface area contributed by atoms with Gasteiger partial charge in [0.05, 0.1) is 18.4 Å². The third kappa shape index (κ3) is 4.20. The molecule has 1 aliphatic heterocycles. The Morgan fingerprint density at radius 3 is 2.12 bits per heavy atom. The average molecular weight is 442 g/mol. The number of rotatable bonds is 6. The van der Waals surface area contributed by atoms with E-state index in [2.05, 4.69) is 5.32 Å². The molecule has 0 radical (unpaired) electrons. The van der Waals surface area contributed by atoms with E-state index in [4.69, 9.17) is 4.74 Å². The van der Waals surface area contributed by atoms with Gasteiger partial charge in [0.1, 0.15) is 11.4 Å². The summed E-state index contributed by atoms with van der Waals surface area (Å²) in [6.07, 6.45) is 0. The largest absolute Gasteiger partial charge is 0.497 e. The minimum atomic E-state index is -0.385. The standard InChI is InChI=1S/C27H27N3O3/c1-17-6-7-18(2)23(16-17)28-25-24(19-8-14-22(33-5)15-9-19)26(31)30(27(25)32)21-12-10-20(11-13-21)29(3)4/h6-16,28H,1-5H3. The number of anilines is 3. The van der Waals surface area contributed by atoms with E-state index >= 15 is 0 Å². The second kappa shape index (κ2) is 8.82. The molecule has 0 aliphatic carbocycles. The van der Waals surface area contributed by atoms with E-state index in [9.17, 15) is 9.59 Å². The van der Waals surface area contributed by atoms with Crippen molar-refractivity contribution in [3.8, 4) is 5.75 Å². The molecule has 0 unspecified atom stereocenters. The summed E-state index contributed by atoms with van der Waals surface area (Å²) in [5.41, 5.74) is 5.58. The molecule has 0 saturated carbocycles. The normalized spacial score (nSPS) is 13.5. The zero-order valence-electron chi connectivity index (χ0n) is 19.5. The van der Waals surface area contributed by atoms with Crippen LogP contribution in [0.2, 0.25) is 0 Å². The maximum absolute atomic E-state index is 13.6. The third-order valence-corrected chi connectivity index (χ3v) is 5.74. The van der Waals surface area contributed by atoms with Crippen LogP contribution >= 0.6 is 0 Å². The Labute approximate surface area is 194 Å². The monoisotopic (exact) mass is 441 g/mol. The molecule has 1 heterocycles. The second-order valence-corrected chi connectivity index (χ2v) is 8.28. The smallest absolute Gasteiger partial charge is 0.282 e. The second-order valence-electron chi connectivity index (χ2n) is 8.28. The van der Waals surface area contributed by atoms with Crippen molar-refractivity contribution >= 4 is 34.4 Å². The summed E-state index contributed by atoms with van der Waals surface area (Å²) in [5.74, 6) is -0.0730. The summed E-state index contributed by atoms with van der Waals surface area (Å²) in [6.45, 7) is 3.96. The maximum Gasteiger partial charge on any atom is 0.282 e. The Hall–Kier alpha value is -4.06. The molecule has 0 aromatic heterocycles. The van der Waals surface area contributed by atoms with Crippen LogP contribution in [-0.2, 0) is 9.59 Å². The SMILES string of the molecule is COc1ccc(C2=C(Nc3cc(C)ccc3C)C(=O)N(c3ccc(N(C)C)cc3)C2=O)cc1. The Morgan fingerprint density at radius 2 is 1.52 bits per heavy atom. The van der Waals surface area contributed by atoms with E-state index in [-0.39, 0.29) is 17.5 Å². The molecule has 2 amide bonds. The van der Waals surface area contributed by atoms with Crippen LogP contribution in [0.25, 0.3) is 5.57 Å². The van der Waals surface area contributed by atoms with Gasteiger partial charge in [-0.2, -0.15) is 0 Å². The summed E-state index contributed by atoms with van der Waals surface area (Å²) in [4.78, 5) is 30.4. The number of benzene rings is 3. The van der Waals surface area contributed by atoms with E-state index in [1.807, 2.05) is 63.2 Å². The fraction of sp³-hybridized carbons (Fsp3) is 0.185. The van der Waals surface area contributed by atoms with Gasteiger partial charge >= 0.3 is 0 Å². The van der Waals surface area contributed by atoms with Gasteiger partial charge < -0.3 is 15.0 Å². The van der Waals surface area contributed by atoms with Crippen molar-refractivity contribution < 1.29 is 14.3 Å². The van der Waals surface area contributed by atoms with E-state index in [0.29, 0.717) is 22.6 Å². The van der Waals surface area contributed by atoms with Crippen molar-refractivity contribution in [2.24, 2.45) is 0 Å². The number of methoxy groups -OCH3 is 1. The van der Waals surface area contributed by atoms with Crippen LogP contribution in [0.4, 0.5) is 17.1 Å². The third-order valence-electron chi connectivity index (χ3n) is 5.74. The van der Waals surface area contributed by atoms with Gasteiger partial charge in [0.2, 0.25) is 0 Å². The highest BCUT2D eigenvalue weighted by Crippen LogP contribution is 2.35. The first-order valence-electron chi connectivity index (χ1n) is 10.7. The van der Waals surface area contributed by atoms with Gasteiger partial charge in [-0.15, -0.1) is 0 Å². The predicted molar refractivity (Wildman–Crippen MR) is 133 cm³/mol. The molecule has 168 valence electrons. The van der Waals surface area contributed by atoms with Gasteiger partial charge in [-0.25, -0.2) is 4.90 Å². The number of amides is 2. The minimum absolute atomic E-state index is 0.260. The summed E-state index contributed by atoms with van der Waals surface area (Å²) < 4.78 is 5.25. The zero-order valence-corrected chi connectivity index (χ0v) is 19.5. The van der Waals surface area contributed by atoms with Gasteiger partial charge in [-0.05, 0) is 73.0 Å². The number of carbonyl (C=O) groups is 2. The van der Waals surface area contributed by atoms with E-state index < -0.39 is 0 Å². The molecule has 1 aliphatic rings. The van der Waals surface area contributed by atoms with E-state index in [1.165, 1.54) is 4.90 Å². The number of ether oxygens (including phenoxy) is 1. The Balaban J connectivity index is 1.80. The van der Waals surface area contributed by atoms with Crippen LogP contribution in [0.15, 0.2) is 72.4 Å². The summed E-state index contributed by atoms with van der Waals surface area (Å²) >= 11 is 0. The van der Waals surface area contributed by atoms with Crippen molar-refractivity contribution in [3.05, 3.63) is 89.1 Å². The molecular formula is C27H27N3O3. The fourth-order valence-corrected chi connectivity index (χ4v) is 3.81. The van der Waals surface area contributed by atoms with Gasteiger partial charge in [0, 0.05) is 25.5 Å². The maximum atomic E-state index is 13.6. The van der Waals surface area contributed by atoms with Crippen LogP contribution in [-0.4, -0.2) is 33.0 Å². The molecule has 4 rings (SSSR count). The number of aryl methyl sites for hydroxylation is 2. The van der Waals surface area contributed by atoms with Crippen molar-refractivity contribution in [1.29, 1.82) is 0 Å². The number of nitrogens with zero attached hydrogens (tertiary/aromatic N) is 2. The molecule has 0 saturated heterocycles. The number of imide groups is 1. The molecular weight excluding hydrogens is 414 g/mol. The van der Waals surface area contributed by atoms with Crippen LogP contribution in [0.3, 0.4) is 0 Å². The van der Waals surface area contributed by atoms with Gasteiger partial charge in [-0.1, -0.05) is 24.3 Å². The van der Waals surface area contributed by atoms with Crippen LogP contribution in [0.1, 0.15) is 16.7 Å². The van der Waals surface area contributed by atoms with Crippen molar-refractivity contribution in [2.75, 3.05) is 36.3 Å². The molecule has 6 nitrogen and oxygen atoms in total. The van der Waals surface area contributed by atoms with Gasteiger partial charge in [0.15, 0.2) is 0 Å². The number of hydrogen-bond acceptors (Lipinski definition) is 5. The lowest BCUT2D eigenvalue weighted by molar-refractivity contribution is -0.120. The lowest BCUT2D eigenvalue weighted by atomic mass is 10.0. The number of carbonyl (C=O) groups excluding carboxylic acids is 2. The molecule has 6 heteroatoms. The highest BCUT2D eigenvalue weighted by atomic mass is 16.5. The summed E-state index contributed by atoms with van der Waals surface area (Å²) in [7, 11) is 5.47. The average Bonchev–Trinajstić information content (AvgIpc) is 3.05. The highest BCUT2D eigenvalue weighted by molar-refractivity contribution is 6.46. The first-order valence-corrected chi connectivity index (χ1v) is 10.7. The molecule has 3 aromatic rings. The summed E-state index contributed by atoms with van der Waals surface area (Å²) in [6, 6.07) is 20.5. The van der Waals surface area contributed by atoms with Crippen molar-refractivity contribution in [3.63, 3.8) is 0 Å².